The lowest BCUT2D eigenvalue weighted by Gasteiger charge is -2.29. The van der Waals surface area contributed by atoms with Crippen LogP contribution in [0.5, 0.6) is 0 Å². The van der Waals surface area contributed by atoms with E-state index in [9.17, 15) is 0 Å². The van der Waals surface area contributed by atoms with Crippen LogP contribution >= 0.6 is 0 Å². The van der Waals surface area contributed by atoms with E-state index in [1.54, 1.807) is 6.33 Å². The quantitative estimate of drug-likeness (QED) is 0.842. The predicted molar refractivity (Wildman–Crippen MR) is 64.2 cm³/mol. The molecule has 1 aliphatic rings. The summed E-state index contributed by atoms with van der Waals surface area (Å²) < 4.78 is 2.00. The van der Waals surface area contributed by atoms with Crippen molar-refractivity contribution in [3.8, 4) is 0 Å². The third kappa shape index (κ3) is 2.61. The van der Waals surface area contributed by atoms with Crippen LogP contribution in [-0.2, 0) is 13.0 Å². The number of piperidine rings is 1. The SMILES string of the molecule is CCC1CCNC(Cc2ncnn2CC)C1. The van der Waals surface area contributed by atoms with Crippen molar-refractivity contribution in [2.45, 2.75) is 52.1 Å². The Balaban J connectivity index is 1.93. The third-order valence-electron chi connectivity index (χ3n) is 3.61. The van der Waals surface area contributed by atoms with Gasteiger partial charge in [-0.15, -0.1) is 0 Å². The van der Waals surface area contributed by atoms with Gasteiger partial charge in [0.15, 0.2) is 0 Å². The summed E-state index contributed by atoms with van der Waals surface area (Å²) in [6, 6.07) is 0.591. The Kier molecular flexibility index (Phi) is 3.93. The van der Waals surface area contributed by atoms with Gasteiger partial charge in [0.2, 0.25) is 0 Å². The van der Waals surface area contributed by atoms with E-state index in [0.717, 1.165) is 31.3 Å². The van der Waals surface area contributed by atoms with Crippen LogP contribution in [0.4, 0.5) is 0 Å². The molecule has 1 aliphatic heterocycles. The maximum atomic E-state index is 4.34. The molecule has 2 atom stereocenters. The molecule has 2 rings (SSSR count). The fourth-order valence-electron chi connectivity index (χ4n) is 2.55. The summed E-state index contributed by atoms with van der Waals surface area (Å²) in [4.78, 5) is 4.34. The monoisotopic (exact) mass is 222 g/mol. The Hall–Kier alpha value is -0.900. The van der Waals surface area contributed by atoms with Gasteiger partial charge in [-0.05, 0) is 32.2 Å². The summed E-state index contributed by atoms with van der Waals surface area (Å²) >= 11 is 0. The summed E-state index contributed by atoms with van der Waals surface area (Å²) in [5, 5.41) is 7.81. The van der Waals surface area contributed by atoms with Gasteiger partial charge < -0.3 is 5.32 Å². The highest BCUT2D eigenvalue weighted by atomic mass is 15.3. The lowest BCUT2D eigenvalue weighted by Crippen LogP contribution is -2.39. The Labute approximate surface area is 97.5 Å². The third-order valence-corrected chi connectivity index (χ3v) is 3.61. The summed E-state index contributed by atoms with van der Waals surface area (Å²) in [5.74, 6) is 2.01. The zero-order valence-electron chi connectivity index (χ0n) is 10.3. The number of rotatable bonds is 4. The van der Waals surface area contributed by atoms with Gasteiger partial charge in [0.1, 0.15) is 12.2 Å². The fraction of sp³-hybridized carbons (Fsp3) is 0.833. The molecule has 4 nitrogen and oxygen atoms in total. The number of aromatic nitrogens is 3. The van der Waals surface area contributed by atoms with Crippen LogP contribution in [0.1, 0.15) is 38.9 Å². The molecule has 4 heteroatoms. The van der Waals surface area contributed by atoms with Gasteiger partial charge in [-0.1, -0.05) is 13.3 Å². The van der Waals surface area contributed by atoms with E-state index < -0.39 is 0 Å². The van der Waals surface area contributed by atoms with Gasteiger partial charge in [-0.2, -0.15) is 5.10 Å². The molecule has 0 radical (unpaired) electrons. The highest BCUT2D eigenvalue weighted by Gasteiger charge is 2.21. The highest BCUT2D eigenvalue weighted by molar-refractivity contribution is 4.92. The normalized spacial score (nSPS) is 25.9. The topological polar surface area (TPSA) is 42.7 Å². The molecule has 0 aliphatic carbocycles. The van der Waals surface area contributed by atoms with E-state index in [0.29, 0.717) is 6.04 Å². The fourth-order valence-corrected chi connectivity index (χ4v) is 2.55. The van der Waals surface area contributed by atoms with Crippen molar-refractivity contribution in [2.24, 2.45) is 5.92 Å². The zero-order valence-corrected chi connectivity index (χ0v) is 10.3. The summed E-state index contributed by atoms with van der Waals surface area (Å²) in [6.07, 6.45) is 6.60. The minimum absolute atomic E-state index is 0.591. The minimum atomic E-state index is 0.591. The van der Waals surface area contributed by atoms with E-state index in [-0.39, 0.29) is 0 Å². The molecule has 1 saturated heterocycles. The minimum Gasteiger partial charge on any atom is -0.314 e. The molecular weight excluding hydrogens is 200 g/mol. The first-order chi connectivity index (χ1) is 7.83. The number of hydrogen-bond donors (Lipinski definition) is 1. The number of nitrogens with one attached hydrogen (secondary N) is 1. The standard InChI is InChI=1S/C12H22N4/c1-3-10-5-6-13-11(7-10)8-12-14-9-15-16(12)4-2/h9-11,13H,3-8H2,1-2H3. The van der Waals surface area contributed by atoms with Gasteiger partial charge in [0, 0.05) is 19.0 Å². The highest BCUT2D eigenvalue weighted by Crippen LogP contribution is 2.20. The van der Waals surface area contributed by atoms with Crippen LogP contribution in [-0.4, -0.2) is 27.4 Å². The second-order valence-electron chi connectivity index (χ2n) is 4.65. The maximum absolute atomic E-state index is 4.34. The second kappa shape index (κ2) is 5.43. The summed E-state index contributed by atoms with van der Waals surface area (Å²) in [5.41, 5.74) is 0. The molecule has 90 valence electrons. The molecule has 16 heavy (non-hydrogen) atoms. The molecule has 2 heterocycles. The van der Waals surface area contributed by atoms with Gasteiger partial charge >= 0.3 is 0 Å². The van der Waals surface area contributed by atoms with E-state index >= 15 is 0 Å². The van der Waals surface area contributed by atoms with Crippen molar-refractivity contribution in [1.82, 2.24) is 20.1 Å². The van der Waals surface area contributed by atoms with Crippen molar-refractivity contribution in [1.29, 1.82) is 0 Å². The van der Waals surface area contributed by atoms with Crippen molar-refractivity contribution in [3.05, 3.63) is 12.2 Å². The Morgan fingerprint density at radius 2 is 2.38 bits per heavy atom. The van der Waals surface area contributed by atoms with E-state index in [2.05, 4.69) is 29.2 Å². The predicted octanol–water partition coefficient (Wildman–Crippen LogP) is 1.62. The first kappa shape index (κ1) is 11.6. The molecular formula is C12H22N4. The molecule has 0 saturated carbocycles. The summed E-state index contributed by atoms with van der Waals surface area (Å²) in [7, 11) is 0. The lowest BCUT2D eigenvalue weighted by atomic mass is 9.89. The summed E-state index contributed by atoms with van der Waals surface area (Å²) in [6.45, 7) is 6.48. The Bertz CT molecular complexity index is 321. The first-order valence-corrected chi connectivity index (χ1v) is 6.43. The van der Waals surface area contributed by atoms with E-state index in [1.165, 1.54) is 19.3 Å². The average molecular weight is 222 g/mol. The number of hydrogen-bond acceptors (Lipinski definition) is 3. The van der Waals surface area contributed by atoms with Crippen LogP contribution in [0.3, 0.4) is 0 Å². The van der Waals surface area contributed by atoms with Gasteiger partial charge in [-0.3, -0.25) is 4.68 Å². The zero-order chi connectivity index (χ0) is 11.4. The molecule has 0 spiro atoms. The van der Waals surface area contributed by atoms with Crippen LogP contribution in [0.2, 0.25) is 0 Å². The van der Waals surface area contributed by atoms with Crippen LogP contribution < -0.4 is 5.32 Å². The smallest absolute Gasteiger partial charge is 0.138 e. The van der Waals surface area contributed by atoms with Crippen LogP contribution in [0, 0.1) is 5.92 Å². The molecule has 1 N–H and O–H groups in total. The Morgan fingerprint density at radius 1 is 1.50 bits per heavy atom. The second-order valence-corrected chi connectivity index (χ2v) is 4.65. The molecule has 1 aromatic heterocycles. The number of nitrogens with zero attached hydrogens (tertiary/aromatic N) is 3. The molecule has 0 amide bonds. The van der Waals surface area contributed by atoms with Crippen molar-refractivity contribution in [2.75, 3.05) is 6.54 Å². The maximum Gasteiger partial charge on any atom is 0.138 e. The molecule has 0 aromatic carbocycles. The average Bonchev–Trinajstić information content (AvgIpc) is 2.76. The molecule has 2 unspecified atom stereocenters. The molecule has 0 bridgehead atoms. The van der Waals surface area contributed by atoms with Crippen molar-refractivity contribution < 1.29 is 0 Å². The lowest BCUT2D eigenvalue weighted by molar-refractivity contribution is 0.289. The van der Waals surface area contributed by atoms with Gasteiger partial charge in [-0.25, -0.2) is 4.98 Å². The molecule has 1 fully saturated rings. The number of aryl methyl sites for hydroxylation is 1. The Morgan fingerprint density at radius 3 is 3.12 bits per heavy atom. The van der Waals surface area contributed by atoms with Crippen molar-refractivity contribution in [3.63, 3.8) is 0 Å². The van der Waals surface area contributed by atoms with Gasteiger partial charge in [0.25, 0.3) is 0 Å². The van der Waals surface area contributed by atoms with Gasteiger partial charge in [0.05, 0.1) is 0 Å². The molecule has 1 aromatic rings. The first-order valence-electron chi connectivity index (χ1n) is 6.43. The van der Waals surface area contributed by atoms with Crippen LogP contribution in [0.25, 0.3) is 0 Å². The largest absolute Gasteiger partial charge is 0.314 e. The van der Waals surface area contributed by atoms with Crippen LogP contribution in [0.15, 0.2) is 6.33 Å². The van der Waals surface area contributed by atoms with Crippen molar-refractivity contribution >= 4 is 0 Å². The van der Waals surface area contributed by atoms with E-state index in [4.69, 9.17) is 0 Å². The van der Waals surface area contributed by atoms with E-state index in [1.807, 2.05) is 4.68 Å².